The maximum absolute atomic E-state index is 10.6. The quantitative estimate of drug-likeness (QED) is 0.315. The van der Waals surface area contributed by atoms with E-state index in [-0.39, 0.29) is 5.92 Å². The molecule has 0 aromatic rings. The Labute approximate surface area is 125 Å². The first-order valence-electron chi connectivity index (χ1n) is 8.56. The highest BCUT2D eigenvalue weighted by atomic mass is 16.4. The molecule has 0 spiro atoms. The molecule has 0 radical (unpaired) electrons. The van der Waals surface area contributed by atoms with Crippen molar-refractivity contribution >= 4 is 5.97 Å². The topological polar surface area (TPSA) is 37.3 Å². The predicted octanol–water partition coefficient (Wildman–Crippen LogP) is 5.96. The standard InChI is InChI=1S/C18H34O2/c1-3-4-5-6-7-8-9-10-11-12-13-14-15-16-17(2)18(19)20/h9-10,17H,3-8,11-16H2,1-2H3,(H,19,20)/b10-9+. The molecule has 118 valence electrons. The molecule has 0 bridgehead atoms. The summed E-state index contributed by atoms with van der Waals surface area (Å²) in [4.78, 5) is 10.6. The summed E-state index contributed by atoms with van der Waals surface area (Å²) in [7, 11) is 0. The minimum Gasteiger partial charge on any atom is -0.481 e. The summed E-state index contributed by atoms with van der Waals surface area (Å²) < 4.78 is 0. The second-order valence-corrected chi connectivity index (χ2v) is 5.91. The normalized spacial score (nSPS) is 12.9. The van der Waals surface area contributed by atoms with E-state index in [1.807, 2.05) is 0 Å². The lowest BCUT2D eigenvalue weighted by molar-refractivity contribution is -0.141. The van der Waals surface area contributed by atoms with E-state index in [0.717, 1.165) is 12.8 Å². The lowest BCUT2D eigenvalue weighted by atomic mass is 10.0. The van der Waals surface area contributed by atoms with Crippen molar-refractivity contribution in [3.8, 4) is 0 Å². The van der Waals surface area contributed by atoms with E-state index in [4.69, 9.17) is 5.11 Å². The second-order valence-electron chi connectivity index (χ2n) is 5.91. The molecular formula is C18H34O2. The third kappa shape index (κ3) is 13.6. The van der Waals surface area contributed by atoms with Gasteiger partial charge in [0.1, 0.15) is 0 Å². The average molecular weight is 282 g/mol. The van der Waals surface area contributed by atoms with E-state index < -0.39 is 5.97 Å². The zero-order chi connectivity index (χ0) is 15.1. The number of carboxylic acids is 1. The van der Waals surface area contributed by atoms with Crippen LogP contribution in [0.15, 0.2) is 12.2 Å². The van der Waals surface area contributed by atoms with Gasteiger partial charge in [-0.3, -0.25) is 4.79 Å². The zero-order valence-electron chi connectivity index (χ0n) is 13.6. The summed E-state index contributed by atoms with van der Waals surface area (Å²) in [5, 5.41) is 8.76. The molecule has 0 fully saturated rings. The molecule has 0 heterocycles. The third-order valence-electron chi connectivity index (χ3n) is 3.82. The van der Waals surface area contributed by atoms with Crippen LogP contribution in [-0.4, -0.2) is 11.1 Å². The van der Waals surface area contributed by atoms with Crippen LogP contribution in [0, 0.1) is 5.92 Å². The van der Waals surface area contributed by atoms with E-state index in [1.54, 1.807) is 6.92 Å². The molecule has 0 aliphatic rings. The fourth-order valence-corrected chi connectivity index (χ4v) is 2.29. The molecular weight excluding hydrogens is 248 g/mol. The molecule has 2 nitrogen and oxygen atoms in total. The highest BCUT2D eigenvalue weighted by molar-refractivity contribution is 5.69. The maximum Gasteiger partial charge on any atom is 0.306 e. The lowest BCUT2D eigenvalue weighted by Gasteiger charge is -2.04. The van der Waals surface area contributed by atoms with E-state index >= 15 is 0 Å². The summed E-state index contributed by atoms with van der Waals surface area (Å²) >= 11 is 0. The van der Waals surface area contributed by atoms with Gasteiger partial charge in [-0.2, -0.15) is 0 Å². The first-order valence-corrected chi connectivity index (χ1v) is 8.56. The van der Waals surface area contributed by atoms with Crippen LogP contribution in [0.25, 0.3) is 0 Å². The first kappa shape index (κ1) is 19.2. The Morgan fingerprint density at radius 3 is 1.90 bits per heavy atom. The van der Waals surface area contributed by atoms with Gasteiger partial charge in [-0.05, 0) is 32.1 Å². The molecule has 0 aliphatic heterocycles. The number of rotatable bonds is 14. The summed E-state index contributed by atoms with van der Waals surface area (Å²) in [6, 6.07) is 0. The summed E-state index contributed by atoms with van der Waals surface area (Å²) in [5.41, 5.74) is 0. The fraction of sp³-hybridized carbons (Fsp3) is 0.833. The van der Waals surface area contributed by atoms with E-state index in [1.165, 1.54) is 64.2 Å². The Balaban J connectivity index is 3.17. The van der Waals surface area contributed by atoms with Crippen LogP contribution in [0.2, 0.25) is 0 Å². The number of hydrogen-bond acceptors (Lipinski definition) is 1. The summed E-state index contributed by atoms with van der Waals surface area (Å²) in [6.45, 7) is 4.05. The van der Waals surface area contributed by atoms with Gasteiger partial charge in [-0.25, -0.2) is 0 Å². The molecule has 0 rings (SSSR count). The summed E-state index contributed by atoms with van der Waals surface area (Å²) in [5.74, 6) is -0.838. The molecule has 1 atom stereocenters. The smallest absolute Gasteiger partial charge is 0.306 e. The van der Waals surface area contributed by atoms with Gasteiger partial charge in [-0.1, -0.05) is 70.9 Å². The Kier molecular flexibility index (Phi) is 14.0. The Bertz CT molecular complexity index is 246. The number of carbonyl (C=O) groups is 1. The number of allylic oxidation sites excluding steroid dienone is 2. The second kappa shape index (κ2) is 14.6. The maximum atomic E-state index is 10.6. The van der Waals surface area contributed by atoms with Crippen LogP contribution in [0.4, 0.5) is 0 Å². The van der Waals surface area contributed by atoms with Crippen molar-refractivity contribution in [2.45, 2.75) is 90.9 Å². The molecule has 0 saturated heterocycles. The third-order valence-corrected chi connectivity index (χ3v) is 3.82. The average Bonchev–Trinajstić information content (AvgIpc) is 2.43. The molecule has 1 unspecified atom stereocenters. The molecule has 0 aliphatic carbocycles. The Morgan fingerprint density at radius 1 is 0.900 bits per heavy atom. The van der Waals surface area contributed by atoms with E-state index in [0.29, 0.717) is 0 Å². The van der Waals surface area contributed by atoms with Crippen LogP contribution in [0.5, 0.6) is 0 Å². The highest BCUT2D eigenvalue weighted by Crippen LogP contribution is 2.12. The Hall–Kier alpha value is -0.790. The number of hydrogen-bond donors (Lipinski definition) is 1. The molecule has 0 amide bonds. The van der Waals surface area contributed by atoms with Crippen LogP contribution in [0.1, 0.15) is 90.9 Å². The van der Waals surface area contributed by atoms with Gasteiger partial charge in [-0.15, -0.1) is 0 Å². The van der Waals surface area contributed by atoms with Gasteiger partial charge < -0.3 is 5.11 Å². The van der Waals surface area contributed by atoms with Crippen molar-refractivity contribution in [3.63, 3.8) is 0 Å². The SMILES string of the molecule is CCCCCCC/C=C/CCCCCCC(C)C(=O)O. The fourth-order valence-electron chi connectivity index (χ4n) is 2.29. The van der Waals surface area contributed by atoms with Crippen LogP contribution >= 0.6 is 0 Å². The van der Waals surface area contributed by atoms with Crippen molar-refractivity contribution in [1.29, 1.82) is 0 Å². The zero-order valence-corrected chi connectivity index (χ0v) is 13.6. The molecule has 20 heavy (non-hydrogen) atoms. The predicted molar refractivity (Wildman–Crippen MR) is 87.0 cm³/mol. The van der Waals surface area contributed by atoms with Gasteiger partial charge in [0, 0.05) is 0 Å². The monoisotopic (exact) mass is 282 g/mol. The van der Waals surface area contributed by atoms with E-state index in [2.05, 4.69) is 19.1 Å². The molecule has 2 heteroatoms. The van der Waals surface area contributed by atoms with Crippen molar-refractivity contribution in [2.75, 3.05) is 0 Å². The van der Waals surface area contributed by atoms with Crippen molar-refractivity contribution in [1.82, 2.24) is 0 Å². The Morgan fingerprint density at radius 2 is 1.40 bits per heavy atom. The lowest BCUT2D eigenvalue weighted by Crippen LogP contribution is -2.08. The molecule has 0 aromatic heterocycles. The van der Waals surface area contributed by atoms with Crippen LogP contribution in [0.3, 0.4) is 0 Å². The number of aliphatic carboxylic acids is 1. The number of carboxylic acid groups (broad SMARTS) is 1. The van der Waals surface area contributed by atoms with Gasteiger partial charge >= 0.3 is 5.97 Å². The highest BCUT2D eigenvalue weighted by Gasteiger charge is 2.09. The van der Waals surface area contributed by atoms with Gasteiger partial charge in [0.15, 0.2) is 0 Å². The molecule has 0 aromatic carbocycles. The minimum absolute atomic E-state index is 0.178. The van der Waals surface area contributed by atoms with Crippen LogP contribution in [-0.2, 0) is 4.79 Å². The van der Waals surface area contributed by atoms with Crippen molar-refractivity contribution in [2.24, 2.45) is 5.92 Å². The van der Waals surface area contributed by atoms with Crippen molar-refractivity contribution < 1.29 is 9.90 Å². The largest absolute Gasteiger partial charge is 0.481 e. The van der Waals surface area contributed by atoms with Crippen LogP contribution < -0.4 is 0 Å². The van der Waals surface area contributed by atoms with Crippen molar-refractivity contribution in [3.05, 3.63) is 12.2 Å². The molecule has 0 saturated carbocycles. The first-order chi connectivity index (χ1) is 9.68. The summed E-state index contributed by atoms with van der Waals surface area (Å²) in [6.07, 6.45) is 19.4. The van der Waals surface area contributed by atoms with E-state index in [9.17, 15) is 4.79 Å². The minimum atomic E-state index is -0.660. The molecule has 1 N–H and O–H groups in total. The van der Waals surface area contributed by atoms with Gasteiger partial charge in [0.25, 0.3) is 0 Å². The van der Waals surface area contributed by atoms with Gasteiger partial charge in [0.05, 0.1) is 5.92 Å². The van der Waals surface area contributed by atoms with Gasteiger partial charge in [0.2, 0.25) is 0 Å². The number of unbranched alkanes of at least 4 members (excludes halogenated alkanes) is 9.